The fourth-order valence-corrected chi connectivity index (χ4v) is 15.5. The van der Waals surface area contributed by atoms with Crippen molar-refractivity contribution in [3.63, 3.8) is 0 Å². The molecule has 6 saturated heterocycles. The Hall–Kier alpha value is -5.74. The molecular weight excluding hydrogens is 1080 g/mol. The van der Waals surface area contributed by atoms with Gasteiger partial charge in [-0.25, -0.2) is 4.98 Å². The number of anilines is 3. The highest BCUT2D eigenvalue weighted by atomic mass is 32.1. The van der Waals surface area contributed by atoms with Gasteiger partial charge in [-0.3, -0.25) is 14.5 Å². The molecule has 84 heavy (non-hydrogen) atoms. The summed E-state index contributed by atoms with van der Waals surface area (Å²) >= 11 is 1.61. The first-order valence-corrected chi connectivity index (χ1v) is 32.2. The number of carbonyl (C=O) groups is 2. The number of nitrogens with zero attached hydrogens (tertiary/aromatic N) is 10. The van der Waals surface area contributed by atoms with Gasteiger partial charge in [-0.1, -0.05) is 55.4 Å². The average Bonchev–Trinajstić information content (AvgIpc) is 3.22. The van der Waals surface area contributed by atoms with Gasteiger partial charge in [-0.2, -0.15) is 0 Å². The summed E-state index contributed by atoms with van der Waals surface area (Å²) in [6.45, 7) is 21.1. The number of hydrogen-bond acceptors (Lipinski definition) is 18. The highest BCUT2D eigenvalue weighted by Crippen LogP contribution is 2.40. The van der Waals surface area contributed by atoms with Crippen molar-refractivity contribution in [3.05, 3.63) is 83.2 Å². The number of phenolic OH excluding ortho intramolecular Hbond substituents is 1. The molecule has 6 aliphatic heterocycles. The zero-order valence-electron chi connectivity index (χ0n) is 49.7. The average molecular weight is 1170 g/mol. The molecule has 20 heteroatoms. The zero-order chi connectivity index (χ0) is 58.1. The number of phenols is 1. The van der Waals surface area contributed by atoms with E-state index in [9.17, 15) is 19.8 Å². The number of hydrogen-bond donors (Lipinski definition) is 4. The molecule has 5 aromatic rings. The number of amides is 2. The van der Waals surface area contributed by atoms with E-state index in [1.807, 2.05) is 81.7 Å². The molecule has 4 atom stereocenters. The smallest absolute Gasteiger partial charge is 0.243 e. The Balaban J connectivity index is 0.531. The molecule has 5 N–H and O–H groups in total. The number of nitrogens with two attached hydrogens (primary N) is 1. The van der Waals surface area contributed by atoms with Gasteiger partial charge in [0.25, 0.3) is 0 Å². The van der Waals surface area contributed by atoms with Gasteiger partial charge in [0.2, 0.25) is 11.8 Å². The molecule has 9 heterocycles. The second-order valence-electron chi connectivity index (χ2n) is 25.9. The first-order valence-electron chi connectivity index (χ1n) is 31.4. The van der Waals surface area contributed by atoms with Crippen LogP contribution in [-0.4, -0.2) is 190 Å². The van der Waals surface area contributed by atoms with Crippen molar-refractivity contribution in [1.82, 2.24) is 45.3 Å². The largest absolute Gasteiger partial charge is 0.507 e. The molecule has 0 radical (unpaired) electrons. The molecule has 1 aliphatic carbocycles. The highest BCUT2D eigenvalue weighted by molar-refractivity contribution is 7.13. The lowest BCUT2D eigenvalue weighted by molar-refractivity contribution is -0.141. The molecule has 1 spiro atoms. The van der Waals surface area contributed by atoms with Crippen molar-refractivity contribution < 1.29 is 33.8 Å². The van der Waals surface area contributed by atoms with Crippen LogP contribution in [0, 0.1) is 24.7 Å². The second kappa shape index (κ2) is 25.7. The summed E-state index contributed by atoms with van der Waals surface area (Å²) in [5.41, 5.74) is 13.3. The molecule has 2 amide bonds. The summed E-state index contributed by atoms with van der Waals surface area (Å²) in [6, 6.07) is 18.8. The van der Waals surface area contributed by atoms with Crippen molar-refractivity contribution in [2.24, 2.45) is 17.8 Å². The standard InChI is InChI=1S/C64H88N12O7S/c1-41(2)59(63(80)76-38-49(77)33-55(76)62(79)67-42(3)46-9-11-47(12-10-46)60-43(4)66-40-84-60)57-35-58(70-83-57)75-25-15-44(16-26-75)36-71-21-17-50(18-22-71)82-51-31-48(32-51)73-23-13-45(14-24-73)37-72-29-30-81-64(39-72)19-27-74(28-20-64)54-34-53(68-69-61(54)65)52-7-5-6-8-56(52)78/h5-12,34-35,40-42,44-45,48-51,55,59,77-78H,13-33,36-39H2,1-4H3,(H2,65,69)(H,67,79)/t42-,48-,49+,51-,55-,59+/m0/s1. The van der Waals surface area contributed by atoms with E-state index in [0.717, 1.165) is 150 Å². The predicted octanol–water partition coefficient (Wildman–Crippen LogP) is 7.74. The van der Waals surface area contributed by atoms with Gasteiger partial charge in [-0.05, 0) is 138 Å². The SMILES string of the molecule is Cc1ncsc1-c1ccc([C@H](C)NC(=O)[C@@H]2C[C@@H](O)CN2C(=O)[C@@H](c2cc(N3CCC(CN4CCC(O[C@H]5C[C@H](N6CCC(CN7CCOC8(CCN(c9cc(-c%10ccccc%10O)nnc9N)CC8)C7)CC6)C5)CC4)CC3)no2)C(C)C)cc1. The number of aliphatic hydroxyl groups is 1. The number of aryl methyl sites for hydroxylation is 1. The van der Waals surface area contributed by atoms with Gasteiger partial charge in [0, 0.05) is 96.1 Å². The Bertz CT molecular complexity index is 3010. The number of para-hydroxylation sites is 1. The number of benzene rings is 2. The Morgan fingerprint density at radius 3 is 2.25 bits per heavy atom. The van der Waals surface area contributed by atoms with Crippen LogP contribution in [0.1, 0.15) is 120 Å². The number of nitrogens with one attached hydrogen (secondary N) is 1. The van der Waals surface area contributed by atoms with Gasteiger partial charge >= 0.3 is 0 Å². The van der Waals surface area contributed by atoms with Crippen LogP contribution < -0.4 is 20.9 Å². The Kier molecular flexibility index (Phi) is 17.9. The Labute approximate surface area is 499 Å². The van der Waals surface area contributed by atoms with Crippen LogP contribution in [-0.2, 0) is 19.1 Å². The highest BCUT2D eigenvalue weighted by Gasteiger charge is 2.45. The van der Waals surface area contributed by atoms with Crippen molar-refractivity contribution >= 4 is 40.5 Å². The van der Waals surface area contributed by atoms with Gasteiger partial charge in [0.15, 0.2) is 17.4 Å². The molecule has 2 aromatic carbocycles. The molecular formula is C64H88N12O7S. The maximum Gasteiger partial charge on any atom is 0.243 e. The molecule has 7 aliphatic rings. The van der Waals surface area contributed by atoms with Gasteiger partial charge in [0.05, 0.1) is 64.0 Å². The number of piperidine rings is 4. The monoisotopic (exact) mass is 1170 g/mol. The number of likely N-dealkylation sites (tertiary alicyclic amines) is 3. The lowest BCUT2D eigenvalue weighted by atomic mass is 9.84. The van der Waals surface area contributed by atoms with Crippen molar-refractivity contribution in [1.29, 1.82) is 0 Å². The number of rotatable bonds is 17. The first kappa shape index (κ1) is 58.6. The van der Waals surface area contributed by atoms with E-state index in [1.54, 1.807) is 28.4 Å². The summed E-state index contributed by atoms with van der Waals surface area (Å²) in [6.07, 6.45) is 11.2. The fraction of sp³-hybridized carbons (Fsp3) is 0.625. The van der Waals surface area contributed by atoms with Crippen LogP contribution in [0.2, 0.25) is 0 Å². The minimum atomic E-state index is -0.794. The number of aromatic nitrogens is 4. The molecule has 19 nitrogen and oxygen atoms in total. The summed E-state index contributed by atoms with van der Waals surface area (Å²) in [4.78, 5) is 48.0. The Morgan fingerprint density at radius 1 is 0.833 bits per heavy atom. The first-order chi connectivity index (χ1) is 40.7. The zero-order valence-corrected chi connectivity index (χ0v) is 50.5. The van der Waals surface area contributed by atoms with Crippen LogP contribution in [0.3, 0.4) is 0 Å². The van der Waals surface area contributed by atoms with Gasteiger partial charge in [-0.15, -0.1) is 21.5 Å². The molecule has 0 unspecified atom stereocenters. The molecule has 12 rings (SSSR count). The van der Waals surface area contributed by atoms with E-state index in [-0.39, 0.29) is 48.1 Å². The van der Waals surface area contributed by atoms with Crippen LogP contribution in [0.25, 0.3) is 21.7 Å². The second-order valence-corrected chi connectivity index (χ2v) is 26.7. The van der Waals surface area contributed by atoms with E-state index >= 15 is 0 Å². The van der Waals surface area contributed by atoms with Crippen molar-refractivity contribution in [2.45, 2.75) is 146 Å². The molecule has 7 fully saturated rings. The van der Waals surface area contributed by atoms with Crippen LogP contribution in [0.4, 0.5) is 17.3 Å². The molecule has 452 valence electrons. The number of morpholine rings is 1. The number of β-amino-alcohol motifs (C(OH)–C–C–N with tert-alkyl or cyclic N) is 1. The number of nitrogen functional groups attached to an aromatic ring is 1. The topological polar surface area (TPSA) is 215 Å². The fourth-order valence-electron chi connectivity index (χ4n) is 14.7. The molecule has 0 bridgehead atoms. The number of aliphatic hydroxyl groups excluding tert-OH is 1. The van der Waals surface area contributed by atoms with Crippen LogP contribution >= 0.6 is 11.3 Å². The number of thiazole rings is 1. The normalized spacial score (nSPS) is 25.1. The van der Waals surface area contributed by atoms with E-state index in [0.29, 0.717) is 47.0 Å². The summed E-state index contributed by atoms with van der Waals surface area (Å²) in [5, 5.41) is 37.4. The third kappa shape index (κ3) is 13.1. The summed E-state index contributed by atoms with van der Waals surface area (Å²) < 4.78 is 19.3. The minimum absolute atomic E-state index is 0.0939. The summed E-state index contributed by atoms with van der Waals surface area (Å²) in [7, 11) is 0. The maximum absolute atomic E-state index is 14.4. The lowest BCUT2D eigenvalue weighted by Gasteiger charge is -2.49. The van der Waals surface area contributed by atoms with Crippen molar-refractivity contribution in [3.8, 4) is 27.4 Å². The quantitative estimate of drug-likeness (QED) is 0.0700. The van der Waals surface area contributed by atoms with E-state index < -0.39 is 18.1 Å². The third-order valence-electron chi connectivity index (χ3n) is 19.8. The predicted molar refractivity (Wildman–Crippen MR) is 326 cm³/mol. The maximum atomic E-state index is 14.4. The minimum Gasteiger partial charge on any atom is -0.507 e. The van der Waals surface area contributed by atoms with E-state index in [1.165, 1.54) is 38.8 Å². The van der Waals surface area contributed by atoms with Gasteiger partial charge in [0.1, 0.15) is 17.7 Å². The summed E-state index contributed by atoms with van der Waals surface area (Å²) in [5.74, 6) is 1.93. The van der Waals surface area contributed by atoms with E-state index in [2.05, 4.69) is 50.2 Å². The number of carbonyl (C=O) groups excluding carboxylic acids is 2. The van der Waals surface area contributed by atoms with E-state index in [4.69, 9.17) is 19.7 Å². The van der Waals surface area contributed by atoms with Crippen LogP contribution in [0.15, 0.2) is 70.7 Å². The Morgan fingerprint density at radius 2 is 1.55 bits per heavy atom. The molecule has 1 saturated carbocycles. The van der Waals surface area contributed by atoms with Gasteiger partial charge < -0.3 is 59.8 Å². The lowest BCUT2D eigenvalue weighted by Crippen LogP contribution is -2.58. The number of aromatic hydroxyl groups is 1. The van der Waals surface area contributed by atoms with Crippen LogP contribution in [0.5, 0.6) is 5.75 Å². The third-order valence-corrected chi connectivity index (χ3v) is 20.8. The van der Waals surface area contributed by atoms with Crippen molar-refractivity contribution in [2.75, 3.05) is 107 Å². The molecule has 3 aromatic heterocycles. The number of ether oxygens (including phenoxy) is 2.